The number of nitrogen functional groups attached to an aromatic ring is 1. The van der Waals surface area contributed by atoms with Crippen molar-refractivity contribution in [1.82, 2.24) is 4.90 Å². The summed E-state index contributed by atoms with van der Waals surface area (Å²) in [6.45, 7) is 1.49. The van der Waals surface area contributed by atoms with Gasteiger partial charge < -0.3 is 10.6 Å². The van der Waals surface area contributed by atoms with Crippen molar-refractivity contribution in [1.29, 1.82) is 0 Å². The maximum absolute atomic E-state index is 12.1. The first kappa shape index (κ1) is 12.3. The lowest BCUT2D eigenvalue weighted by molar-refractivity contribution is -0.383. The number of benzene rings is 1. The molecular weight excluding hydrogens is 234 g/mol. The Morgan fingerprint density at radius 1 is 1.28 bits per heavy atom. The lowest BCUT2D eigenvalue weighted by atomic mass is 10.1. The first-order chi connectivity index (χ1) is 8.59. The Bertz CT molecular complexity index is 481. The number of amides is 1. The SMILES string of the molecule is Nc1cc(C(=O)N2CCCCC2)ccc1[N+](=O)[O-]. The Hall–Kier alpha value is -2.11. The van der Waals surface area contributed by atoms with Crippen LogP contribution in [0.4, 0.5) is 11.4 Å². The van der Waals surface area contributed by atoms with Gasteiger partial charge in [0.2, 0.25) is 0 Å². The Balaban J connectivity index is 2.20. The lowest BCUT2D eigenvalue weighted by Crippen LogP contribution is -2.35. The molecule has 0 bridgehead atoms. The van der Waals surface area contributed by atoms with Crippen LogP contribution in [0.2, 0.25) is 0 Å². The quantitative estimate of drug-likeness (QED) is 0.491. The smallest absolute Gasteiger partial charge is 0.292 e. The van der Waals surface area contributed by atoms with Crippen LogP contribution in [0.1, 0.15) is 29.6 Å². The standard InChI is InChI=1S/C12H15N3O3/c13-10-8-9(4-5-11(10)15(17)18)12(16)14-6-2-1-3-7-14/h4-5,8H,1-3,6-7,13H2. The highest BCUT2D eigenvalue weighted by Gasteiger charge is 2.20. The fourth-order valence-electron chi connectivity index (χ4n) is 2.13. The molecule has 96 valence electrons. The number of anilines is 1. The minimum absolute atomic E-state index is 0.0304. The molecule has 1 aliphatic heterocycles. The highest BCUT2D eigenvalue weighted by atomic mass is 16.6. The van der Waals surface area contributed by atoms with E-state index in [2.05, 4.69) is 0 Å². The van der Waals surface area contributed by atoms with Gasteiger partial charge in [-0.3, -0.25) is 14.9 Å². The highest BCUT2D eigenvalue weighted by molar-refractivity contribution is 5.95. The molecule has 6 nitrogen and oxygen atoms in total. The zero-order valence-corrected chi connectivity index (χ0v) is 9.96. The average Bonchev–Trinajstić information content (AvgIpc) is 2.38. The number of carbonyl (C=O) groups is 1. The summed E-state index contributed by atoms with van der Waals surface area (Å²) >= 11 is 0. The van der Waals surface area contributed by atoms with Crippen LogP contribution in [0, 0.1) is 10.1 Å². The van der Waals surface area contributed by atoms with Crippen LogP contribution in [0.3, 0.4) is 0 Å². The van der Waals surface area contributed by atoms with Gasteiger partial charge in [-0.05, 0) is 31.4 Å². The molecule has 1 aromatic carbocycles. The van der Waals surface area contributed by atoms with E-state index < -0.39 is 4.92 Å². The molecule has 0 saturated carbocycles. The van der Waals surface area contributed by atoms with E-state index in [1.54, 1.807) is 4.90 Å². The summed E-state index contributed by atoms with van der Waals surface area (Å²) in [6.07, 6.45) is 3.16. The van der Waals surface area contributed by atoms with Gasteiger partial charge in [0.25, 0.3) is 11.6 Å². The van der Waals surface area contributed by atoms with Crippen molar-refractivity contribution in [2.75, 3.05) is 18.8 Å². The maximum Gasteiger partial charge on any atom is 0.292 e. The molecule has 0 aromatic heterocycles. The van der Waals surface area contributed by atoms with Gasteiger partial charge in [0, 0.05) is 24.7 Å². The van der Waals surface area contributed by atoms with Crippen LogP contribution in [0.25, 0.3) is 0 Å². The van der Waals surface area contributed by atoms with E-state index in [0.29, 0.717) is 5.56 Å². The minimum Gasteiger partial charge on any atom is -0.393 e. The largest absolute Gasteiger partial charge is 0.393 e. The zero-order chi connectivity index (χ0) is 13.1. The van der Waals surface area contributed by atoms with Crippen LogP contribution in [-0.4, -0.2) is 28.8 Å². The number of nitrogens with two attached hydrogens (primary N) is 1. The van der Waals surface area contributed by atoms with Gasteiger partial charge in [-0.15, -0.1) is 0 Å². The van der Waals surface area contributed by atoms with Crippen LogP contribution >= 0.6 is 0 Å². The van der Waals surface area contributed by atoms with Crippen LogP contribution in [-0.2, 0) is 0 Å². The number of nitro groups is 1. The van der Waals surface area contributed by atoms with E-state index in [-0.39, 0.29) is 17.3 Å². The zero-order valence-electron chi connectivity index (χ0n) is 9.96. The molecule has 2 N–H and O–H groups in total. The van der Waals surface area contributed by atoms with Crippen molar-refractivity contribution in [3.05, 3.63) is 33.9 Å². The van der Waals surface area contributed by atoms with Crippen molar-refractivity contribution >= 4 is 17.3 Å². The molecule has 6 heteroatoms. The molecule has 0 spiro atoms. The number of carbonyl (C=O) groups excluding carboxylic acids is 1. The van der Waals surface area contributed by atoms with Crippen molar-refractivity contribution in [2.45, 2.75) is 19.3 Å². The average molecular weight is 249 g/mol. The summed E-state index contributed by atoms with van der Waals surface area (Å²) in [5.41, 5.74) is 5.86. The number of likely N-dealkylation sites (tertiary alicyclic amines) is 1. The molecule has 1 aliphatic rings. The second-order valence-corrected chi connectivity index (χ2v) is 4.38. The Morgan fingerprint density at radius 2 is 1.94 bits per heavy atom. The predicted octanol–water partition coefficient (Wildman–Crippen LogP) is 1.80. The van der Waals surface area contributed by atoms with Gasteiger partial charge in [-0.25, -0.2) is 0 Å². The molecule has 0 unspecified atom stereocenters. The summed E-state index contributed by atoms with van der Waals surface area (Å²) in [4.78, 5) is 24.0. The third-order valence-corrected chi connectivity index (χ3v) is 3.11. The highest BCUT2D eigenvalue weighted by Crippen LogP contribution is 2.23. The molecule has 2 rings (SSSR count). The second-order valence-electron chi connectivity index (χ2n) is 4.38. The molecule has 18 heavy (non-hydrogen) atoms. The predicted molar refractivity (Wildman–Crippen MR) is 67.3 cm³/mol. The normalized spacial score (nSPS) is 15.4. The third kappa shape index (κ3) is 2.42. The number of hydrogen-bond acceptors (Lipinski definition) is 4. The topological polar surface area (TPSA) is 89.5 Å². The Morgan fingerprint density at radius 3 is 2.50 bits per heavy atom. The number of piperidine rings is 1. The van der Waals surface area contributed by atoms with Gasteiger partial charge in [0.1, 0.15) is 5.69 Å². The first-order valence-corrected chi connectivity index (χ1v) is 5.93. The third-order valence-electron chi connectivity index (χ3n) is 3.11. The summed E-state index contributed by atoms with van der Waals surface area (Å²) in [7, 11) is 0. The van der Waals surface area contributed by atoms with E-state index in [1.165, 1.54) is 18.2 Å². The lowest BCUT2D eigenvalue weighted by Gasteiger charge is -2.26. The Labute approximate surface area is 105 Å². The monoisotopic (exact) mass is 249 g/mol. The van der Waals surface area contributed by atoms with Gasteiger partial charge >= 0.3 is 0 Å². The summed E-state index contributed by atoms with van der Waals surface area (Å²) in [5, 5.41) is 10.6. The number of hydrogen-bond donors (Lipinski definition) is 1. The molecule has 0 atom stereocenters. The van der Waals surface area contributed by atoms with Gasteiger partial charge in [-0.1, -0.05) is 0 Å². The van der Waals surface area contributed by atoms with Crippen LogP contribution in [0.5, 0.6) is 0 Å². The molecule has 1 aromatic rings. The number of rotatable bonds is 2. The van der Waals surface area contributed by atoms with Crippen molar-refractivity contribution in [3.8, 4) is 0 Å². The Kier molecular flexibility index (Phi) is 3.45. The number of nitro benzene ring substituents is 1. The van der Waals surface area contributed by atoms with E-state index in [4.69, 9.17) is 5.73 Å². The molecule has 0 aliphatic carbocycles. The molecule has 1 saturated heterocycles. The first-order valence-electron chi connectivity index (χ1n) is 5.93. The van der Waals surface area contributed by atoms with Gasteiger partial charge in [0.05, 0.1) is 4.92 Å². The van der Waals surface area contributed by atoms with Crippen molar-refractivity contribution in [2.24, 2.45) is 0 Å². The fourth-order valence-corrected chi connectivity index (χ4v) is 2.13. The van der Waals surface area contributed by atoms with Crippen LogP contribution < -0.4 is 5.73 Å². The van der Waals surface area contributed by atoms with Gasteiger partial charge in [-0.2, -0.15) is 0 Å². The molecule has 0 radical (unpaired) electrons. The fraction of sp³-hybridized carbons (Fsp3) is 0.417. The minimum atomic E-state index is -0.551. The van der Waals surface area contributed by atoms with E-state index in [9.17, 15) is 14.9 Å². The summed E-state index contributed by atoms with van der Waals surface area (Å²) < 4.78 is 0. The summed E-state index contributed by atoms with van der Waals surface area (Å²) in [6, 6.07) is 4.13. The number of nitrogens with zero attached hydrogens (tertiary/aromatic N) is 2. The van der Waals surface area contributed by atoms with Gasteiger partial charge in [0.15, 0.2) is 0 Å². The second kappa shape index (κ2) is 5.03. The molecule has 1 amide bonds. The summed E-state index contributed by atoms with van der Waals surface area (Å²) in [5.74, 6) is -0.101. The van der Waals surface area contributed by atoms with Crippen LogP contribution in [0.15, 0.2) is 18.2 Å². The van der Waals surface area contributed by atoms with E-state index in [1.807, 2.05) is 0 Å². The molecule has 1 fully saturated rings. The van der Waals surface area contributed by atoms with Crippen molar-refractivity contribution < 1.29 is 9.72 Å². The molecule has 1 heterocycles. The maximum atomic E-state index is 12.1. The van der Waals surface area contributed by atoms with E-state index in [0.717, 1.165) is 32.4 Å². The van der Waals surface area contributed by atoms with Crippen molar-refractivity contribution in [3.63, 3.8) is 0 Å². The molecular formula is C12H15N3O3. The van der Waals surface area contributed by atoms with E-state index >= 15 is 0 Å².